The first-order chi connectivity index (χ1) is 7.23. The second-order valence-electron chi connectivity index (χ2n) is 5.89. The molecule has 0 bridgehead atoms. The van der Waals surface area contributed by atoms with Gasteiger partial charge in [0, 0.05) is 0 Å². The number of rotatable bonds is 2. The van der Waals surface area contributed by atoms with E-state index in [1.807, 2.05) is 27.7 Å². The van der Waals surface area contributed by atoms with Gasteiger partial charge in [0.25, 0.3) is 0 Å². The van der Waals surface area contributed by atoms with Crippen LogP contribution in [0.15, 0.2) is 0 Å². The van der Waals surface area contributed by atoms with Crippen LogP contribution < -0.4 is 0 Å². The quantitative estimate of drug-likeness (QED) is 0.731. The molecule has 1 N–H and O–H groups in total. The molecule has 0 aromatic carbocycles. The number of aliphatic carboxylic acids is 1. The predicted octanol–water partition coefficient (Wildman–Crippen LogP) is 1.94. The van der Waals surface area contributed by atoms with Crippen LogP contribution in [0.25, 0.3) is 0 Å². The van der Waals surface area contributed by atoms with Gasteiger partial charge in [0.1, 0.15) is 0 Å². The summed E-state index contributed by atoms with van der Waals surface area (Å²) < 4.78 is 11.8. The highest BCUT2D eigenvalue weighted by molar-refractivity contribution is 6.47. The first kappa shape index (κ1) is 11.9. The molecule has 0 atom stereocenters. The van der Waals surface area contributed by atoms with Gasteiger partial charge in [-0.3, -0.25) is 4.79 Å². The summed E-state index contributed by atoms with van der Waals surface area (Å²) in [5.74, 6) is -0.668. The summed E-state index contributed by atoms with van der Waals surface area (Å²) in [6.07, 6.45) is 1.35. The van der Waals surface area contributed by atoms with Crippen molar-refractivity contribution in [3.63, 3.8) is 0 Å². The number of hydrogen-bond donors (Lipinski definition) is 1. The highest BCUT2D eigenvalue weighted by atomic mass is 16.7. The Morgan fingerprint density at radius 2 is 1.62 bits per heavy atom. The molecular formula is C11H19BO4. The van der Waals surface area contributed by atoms with Crippen LogP contribution in [-0.4, -0.2) is 29.4 Å². The zero-order valence-corrected chi connectivity index (χ0v) is 10.3. The smallest absolute Gasteiger partial charge is 0.461 e. The number of carbonyl (C=O) groups is 1. The van der Waals surface area contributed by atoms with Crippen LogP contribution in [0.5, 0.6) is 0 Å². The van der Waals surface area contributed by atoms with E-state index in [0.717, 1.165) is 0 Å². The lowest BCUT2D eigenvalue weighted by Crippen LogP contribution is -2.41. The van der Waals surface area contributed by atoms with E-state index >= 15 is 0 Å². The van der Waals surface area contributed by atoms with Crippen LogP contribution >= 0.6 is 0 Å². The largest absolute Gasteiger partial charge is 0.481 e. The lowest BCUT2D eigenvalue weighted by Gasteiger charge is -2.33. The molecule has 1 aliphatic carbocycles. The summed E-state index contributed by atoms with van der Waals surface area (Å²) in [5, 5.41) is 8.82. The number of carboxylic acids is 1. The van der Waals surface area contributed by atoms with Crippen molar-refractivity contribution in [2.24, 2.45) is 5.92 Å². The molecule has 2 rings (SSSR count). The van der Waals surface area contributed by atoms with E-state index in [1.54, 1.807) is 0 Å². The molecule has 4 nitrogen and oxygen atoms in total. The molecule has 1 saturated heterocycles. The zero-order valence-electron chi connectivity index (χ0n) is 10.3. The Bertz CT molecular complexity index is 291. The Hall–Kier alpha value is -0.545. The molecule has 5 heteroatoms. The van der Waals surface area contributed by atoms with Gasteiger partial charge in [-0.15, -0.1) is 0 Å². The fraction of sp³-hybridized carbons (Fsp3) is 0.909. The molecule has 0 aromatic rings. The van der Waals surface area contributed by atoms with E-state index in [1.165, 1.54) is 0 Å². The van der Waals surface area contributed by atoms with Crippen LogP contribution in [0.1, 0.15) is 40.5 Å². The van der Waals surface area contributed by atoms with E-state index < -0.39 is 5.97 Å². The van der Waals surface area contributed by atoms with Gasteiger partial charge in [-0.25, -0.2) is 0 Å². The molecular weight excluding hydrogens is 207 g/mol. The van der Waals surface area contributed by atoms with E-state index in [2.05, 4.69) is 0 Å². The van der Waals surface area contributed by atoms with Crippen LogP contribution in [0.3, 0.4) is 0 Å². The standard InChI is InChI=1S/C11H19BO4/c1-10(2)11(3,4)16-12(15-10)8-5-7(6-8)9(13)14/h7-8H,5-6H2,1-4H3,(H,13,14). The molecule has 1 heterocycles. The Labute approximate surface area is 96.5 Å². The Balaban J connectivity index is 1.94. The van der Waals surface area contributed by atoms with Crippen LogP contribution in [0.2, 0.25) is 5.82 Å². The molecule has 0 amide bonds. The maximum atomic E-state index is 10.7. The molecule has 0 spiro atoms. The van der Waals surface area contributed by atoms with Gasteiger partial charge in [0.15, 0.2) is 0 Å². The zero-order chi connectivity index (χ0) is 12.1. The van der Waals surface area contributed by atoms with E-state index in [0.29, 0.717) is 12.8 Å². The van der Waals surface area contributed by atoms with Crippen LogP contribution in [-0.2, 0) is 14.1 Å². The lowest BCUT2D eigenvalue weighted by molar-refractivity contribution is -0.144. The van der Waals surface area contributed by atoms with Crippen molar-refractivity contribution in [1.29, 1.82) is 0 Å². The summed E-state index contributed by atoms with van der Waals surface area (Å²) in [6.45, 7) is 8.06. The van der Waals surface area contributed by atoms with Crippen molar-refractivity contribution < 1.29 is 19.2 Å². The Morgan fingerprint density at radius 3 is 2.00 bits per heavy atom. The SMILES string of the molecule is CC1(C)OB(C2CC(C(=O)O)C2)OC1(C)C. The predicted molar refractivity (Wildman–Crippen MR) is 60.2 cm³/mol. The summed E-state index contributed by atoms with van der Waals surface area (Å²) in [4.78, 5) is 10.7. The third-order valence-electron chi connectivity index (χ3n) is 4.18. The second kappa shape index (κ2) is 3.47. The average molecular weight is 226 g/mol. The van der Waals surface area contributed by atoms with Gasteiger partial charge in [-0.2, -0.15) is 0 Å². The molecule has 2 aliphatic rings. The fourth-order valence-corrected chi connectivity index (χ4v) is 2.17. The summed E-state index contributed by atoms with van der Waals surface area (Å²) in [7, 11) is -0.236. The second-order valence-corrected chi connectivity index (χ2v) is 5.89. The van der Waals surface area contributed by atoms with E-state index in [4.69, 9.17) is 14.4 Å². The van der Waals surface area contributed by atoms with Crippen molar-refractivity contribution in [3.8, 4) is 0 Å². The van der Waals surface area contributed by atoms with E-state index in [9.17, 15) is 4.79 Å². The van der Waals surface area contributed by atoms with Crippen molar-refractivity contribution >= 4 is 13.1 Å². The highest BCUT2D eigenvalue weighted by Gasteiger charge is 2.56. The van der Waals surface area contributed by atoms with Gasteiger partial charge in [0.2, 0.25) is 0 Å². The molecule has 1 saturated carbocycles. The van der Waals surface area contributed by atoms with Crippen LogP contribution in [0.4, 0.5) is 0 Å². The number of carboxylic acid groups (broad SMARTS) is 1. The minimum absolute atomic E-state index is 0.205. The van der Waals surface area contributed by atoms with Crippen molar-refractivity contribution in [3.05, 3.63) is 0 Å². The fourth-order valence-electron chi connectivity index (χ4n) is 2.17. The summed E-state index contributed by atoms with van der Waals surface area (Å²) in [5.41, 5.74) is -0.627. The Morgan fingerprint density at radius 1 is 1.19 bits per heavy atom. The van der Waals surface area contributed by atoms with Gasteiger partial charge in [0.05, 0.1) is 17.1 Å². The molecule has 0 radical (unpaired) electrons. The Kier molecular flexibility index (Phi) is 2.59. The molecule has 0 unspecified atom stereocenters. The van der Waals surface area contributed by atoms with Crippen LogP contribution in [0, 0.1) is 5.92 Å². The van der Waals surface area contributed by atoms with Gasteiger partial charge in [-0.05, 0) is 46.4 Å². The highest BCUT2D eigenvalue weighted by Crippen LogP contribution is 2.48. The molecule has 2 fully saturated rings. The third-order valence-corrected chi connectivity index (χ3v) is 4.18. The molecule has 16 heavy (non-hydrogen) atoms. The topological polar surface area (TPSA) is 55.8 Å². The summed E-state index contributed by atoms with van der Waals surface area (Å²) >= 11 is 0. The molecule has 90 valence electrons. The third kappa shape index (κ3) is 1.76. The molecule has 0 aromatic heterocycles. The monoisotopic (exact) mass is 226 g/mol. The maximum Gasteiger partial charge on any atom is 0.461 e. The molecule has 1 aliphatic heterocycles. The maximum absolute atomic E-state index is 10.7. The minimum atomic E-state index is -0.701. The first-order valence-electron chi connectivity index (χ1n) is 5.81. The van der Waals surface area contributed by atoms with Crippen molar-refractivity contribution in [1.82, 2.24) is 0 Å². The first-order valence-corrected chi connectivity index (χ1v) is 5.81. The van der Waals surface area contributed by atoms with Crippen molar-refractivity contribution in [2.75, 3.05) is 0 Å². The lowest BCUT2D eigenvalue weighted by atomic mass is 9.56. The normalized spacial score (nSPS) is 35.9. The van der Waals surface area contributed by atoms with Crippen molar-refractivity contribution in [2.45, 2.75) is 57.6 Å². The average Bonchev–Trinajstić information content (AvgIpc) is 2.15. The van der Waals surface area contributed by atoms with Gasteiger partial charge >= 0.3 is 13.1 Å². The number of hydrogen-bond acceptors (Lipinski definition) is 3. The van der Waals surface area contributed by atoms with Gasteiger partial charge in [-0.1, -0.05) is 0 Å². The minimum Gasteiger partial charge on any atom is -0.481 e. The van der Waals surface area contributed by atoms with E-state index in [-0.39, 0.29) is 30.1 Å². The summed E-state index contributed by atoms with van der Waals surface area (Å²) in [6, 6.07) is 0. The van der Waals surface area contributed by atoms with Gasteiger partial charge < -0.3 is 14.4 Å².